The summed E-state index contributed by atoms with van der Waals surface area (Å²) in [5.41, 5.74) is 5.69. The molecule has 0 radical (unpaired) electrons. The number of benzene rings is 2. The Bertz CT molecular complexity index is 1630. The molecular weight excluding hydrogens is 556 g/mol. The van der Waals surface area contributed by atoms with Crippen LogP contribution in [0.2, 0.25) is 0 Å². The Hall–Kier alpha value is -3.30. The van der Waals surface area contributed by atoms with E-state index in [1.807, 2.05) is 38.1 Å². The van der Waals surface area contributed by atoms with Crippen LogP contribution in [0.1, 0.15) is 75.3 Å². The second kappa shape index (κ2) is 10.7. The number of rotatable bonds is 4. The maximum Gasteiger partial charge on any atom is 0.245 e. The van der Waals surface area contributed by atoms with Crippen molar-refractivity contribution in [2.75, 3.05) is 13.2 Å². The minimum Gasteiger partial charge on any atom is -0.387 e. The highest BCUT2D eigenvalue weighted by Gasteiger charge is 2.66. The number of hydrogen-bond acceptors (Lipinski definition) is 6. The van der Waals surface area contributed by atoms with Gasteiger partial charge in [-0.1, -0.05) is 55.5 Å². The Morgan fingerprint density at radius 2 is 1.82 bits per heavy atom. The van der Waals surface area contributed by atoms with Crippen molar-refractivity contribution in [2.45, 2.75) is 82.4 Å². The average molecular weight is 599 g/mol. The van der Waals surface area contributed by atoms with Crippen LogP contribution in [0.5, 0.6) is 0 Å². The fourth-order valence-corrected chi connectivity index (χ4v) is 9.04. The lowest BCUT2D eigenvalue weighted by molar-refractivity contribution is -0.199. The molecule has 1 aromatic heterocycles. The Kier molecular flexibility index (Phi) is 7.12. The summed E-state index contributed by atoms with van der Waals surface area (Å²) in [4.78, 5) is 27.4. The minimum atomic E-state index is -0.730. The SMILES string of the molecule is CC1(C)OC23CCC4(C)C(CCC5Cc6c([nH]c7ccccc67)C54)C2=CC(=O)C1O3.O=C(CO)NCC(O)c1ccccc1. The number of amides is 1. The molecular formula is C36H42N2O6. The largest absolute Gasteiger partial charge is 0.387 e. The molecule has 7 atom stereocenters. The van der Waals surface area contributed by atoms with Gasteiger partial charge >= 0.3 is 0 Å². The summed E-state index contributed by atoms with van der Waals surface area (Å²) in [6.45, 7) is 6.03. The van der Waals surface area contributed by atoms with Crippen molar-refractivity contribution in [3.8, 4) is 0 Å². The van der Waals surface area contributed by atoms with E-state index < -0.39 is 36.1 Å². The number of hydrogen-bond donors (Lipinski definition) is 4. The number of nitrogens with one attached hydrogen (secondary N) is 2. The van der Waals surface area contributed by atoms with Gasteiger partial charge < -0.3 is 30.0 Å². The van der Waals surface area contributed by atoms with Gasteiger partial charge in [0, 0.05) is 35.5 Å². The zero-order chi connectivity index (χ0) is 30.9. The van der Waals surface area contributed by atoms with Crippen LogP contribution in [0.25, 0.3) is 10.9 Å². The van der Waals surface area contributed by atoms with Crippen molar-refractivity contribution in [3.05, 3.63) is 83.1 Å². The van der Waals surface area contributed by atoms with Crippen LogP contribution < -0.4 is 5.32 Å². The number of ether oxygens (including phenoxy) is 2. The van der Waals surface area contributed by atoms with Gasteiger partial charge in [0.25, 0.3) is 0 Å². The number of ketones is 1. The van der Waals surface area contributed by atoms with Gasteiger partial charge in [-0.15, -0.1) is 0 Å². The number of aliphatic hydroxyl groups excluding tert-OH is 2. The summed E-state index contributed by atoms with van der Waals surface area (Å²) in [6, 6.07) is 17.8. The van der Waals surface area contributed by atoms with Crippen LogP contribution in [0, 0.1) is 17.3 Å². The predicted molar refractivity (Wildman–Crippen MR) is 166 cm³/mol. The van der Waals surface area contributed by atoms with Crippen molar-refractivity contribution in [2.24, 2.45) is 17.3 Å². The first kappa shape index (κ1) is 29.4. The number of carbonyl (C=O) groups excluding carboxylic acids is 2. The molecule has 232 valence electrons. The van der Waals surface area contributed by atoms with Crippen molar-refractivity contribution < 1.29 is 29.3 Å². The fraction of sp³-hybridized carbons (Fsp3) is 0.500. The number of aromatic amines is 1. The Labute approximate surface area is 257 Å². The third kappa shape index (κ3) is 4.57. The molecule has 4 N–H and O–H groups in total. The topological polar surface area (TPSA) is 121 Å². The van der Waals surface area contributed by atoms with E-state index in [-0.39, 0.29) is 17.7 Å². The molecule has 3 fully saturated rings. The van der Waals surface area contributed by atoms with E-state index in [0.29, 0.717) is 17.8 Å². The molecule has 1 amide bonds. The number of aromatic nitrogens is 1. The summed E-state index contributed by atoms with van der Waals surface area (Å²) < 4.78 is 12.9. The Balaban J connectivity index is 0.000000190. The van der Waals surface area contributed by atoms with Crippen molar-refractivity contribution in [3.63, 3.8) is 0 Å². The van der Waals surface area contributed by atoms with E-state index >= 15 is 0 Å². The third-order valence-corrected chi connectivity index (χ3v) is 11.0. The predicted octanol–water partition coefficient (Wildman–Crippen LogP) is 4.86. The molecule has 3 aromatic rings. The van der Waals surface area contributed by atoms with Gasteiger partial charge in [-0.2, -0.15) is 0 Å². The molecule has 7 unspecified atom stereocenters. The highest BCUT2D eigenvalue weighted by Crippen LogP contribution is 2.68. The molecule has 8 rings (SSSR count). The molecule has 44 heavy (non-hydrogen) atoms. The van der Waals surface area contributed by atoms with E-state index in [4.69, 9.17) is 14.6 Å². The zero-order valence-electron chi connectivity index (χ0n) is 25.6. The monoisotopic (exact) mass is 598 g/mol. The first-order chi connectivity index (χ1) is 21.1. The maximum atomic E-state index is 13.0. The van der Waals surface area contributed by atoms with E-state index in [1.165, 1.54) is 35.0 Å². The molecule has 1 saturated heterocycles. The van der Waals surface area contributed by atoms with Crippen LogP contribution in [0.3, 0.4) is 0 Å². The first-order valence-electron chi connectivity index (χ1n) is 15.9. The molecule has 8 heteroatoms. The van der Waals surface area contributed by atoms with Gasteiger partial charge in [-0.25, -0.2) is 0 Å². The highest BCUT2D eigenvalue weighted by molar-refractivity contribution is 5.97. The van der Waals surface area contributed by atoms with Gasteiger partial charge in [0.2, 0.25) is 5.91 Å². The Morgan fingerprint density at radius 3 is 2.59 bits per heavy atom. The molecule has 1 spiro atoms. The highest BCUT2D eigenvalue weighted by atomic mass is 16.8. The molecule has 3 aliphatic carbocycles. The van der Waals surface area contributed by atoms with Crippen LogP contribution in [-0.4, -0.2) is 57.5 Å². The smallest absolute Gasteiger partial charge is 0.245 e. The molecule has 8 nitrogen and oxygen atoms in total. The molecule has 3 heterocycles. The van der Waals surface area contributed by atoms with E-state index in [9.17, 15) is 14.7 Å². The minimum absolute atomic E-state index is 0.0900. The second-order valence-electron chi connectivity index (χ2n) is 14.0. The number of fused-ring (bicyclic) bond motifs is 9. The molecule has 2 aliphatic heterocycles. The van der Waals surface area contributed by atoms with Crippen LogP contribution >= 0.6 is 0 Å². The number of aliphatic hydroxyl groups is 2. The van der Waals surface area contributed by atoms with Crippen LogP contribution in [0.4, 0.5) is 0 Å². The normalized spacial score (nSPS) is 33.2. The second-order valence-corrected chi connectivity index (χ2v) is 14.0. The van der Waals surface area contributed by atoms with Gasteiger partial charge in [0.05, 0.1) is 6.10 Å². The van der Waals surface area contributed by atoms with E-state index in [1.54, 1.807) is 12.1 Å². The number of carbonyl (C=O) groups is 2. The average Bonchev–Trinajstić information content (AvgIpc) is 3.64. The maximum absolute atomic E-state index is 13.0. The quantitative estimate of drug-likeness (QED) is 0.341. The molecule has 5 aliphatic rings. The lowest BCUT2D eigenvalue weighted by Crippen LogP contribution is -2.54. The first-order valence-corrected chi connectivity index (χ1v) is 15.9. The molecule has 2 saturated carbocycles. The zero-order valence-corrected chi connectivity index (χ0v) is 25.6. The third-order valence-electron chi connectivity index (χ3n) is 11.0. The van der Waals surface area contributed by atoms with Gasteiger partial charge in [0.1, 0.15) is 12.2 Å². The lowest BCUT2D eigenvalue weighted by Gasteiger charge is -2.57. The number of H-pyrrole nitrogens is 1. The van der Waals surface area contributed by atoms with Crippen LogP contribution in [0.15, 0.2) is 66.2 Å². The van der Waals surface area contributed by atoms with Crippen molar-refractivity contribution >= 4 is 22.6 Å². The summed E-state index contributed by atoms with van der Waals surface area (Å²) in [5, 5.41) is 21.8. The fourth-order valence-electron chi connectivity index (χ4n) is 9.04. The van der Waals surface area contributed by atoms with E-state index in [0.717, 1.165) is 30.4 Å². The van der Waals surface area contributed by atoms with Crippen molar-refractivity contribution in [1.82, 2.24) is 10.3 Å². The van der Waals surface area contributed by atoms with Crippen LogP contribution in [-0.2, 0) is 25.5 Å². The summed E-state index contributed by atoms with van der Waals surface area (Å²) in [7, 11) is 0. The molecule has 2 bridgehead atoms. The lowest BCUT2D eigenvalue weighted by atomic mass is 9.50. The van der Waals surface area contributed by atoms with Gasteiger partial charge in [0.15, 0.2) is 17.7 Å². The van der Waals surface area contributed by atoms with Crippen molar-refractivity contribution in [1.29, 1.82) is 0 Å². The summed E-state index contributed by atoms with van der Waals surface area (Å²) >= 11 is 0. The van der Waals surface area contributed by atoms with Gasteiger partial charge in [-0.05, 0) is 85.6 Å². The Morgan fingerprint density at radius 1 is 1.07 bits per heavy atom. The number of para-hydroxylation sites is 1. The van der Waals surface area contributed by atoms with E-state index in [2.05, 4.69) is 41.5 Å². The molecule has 2 aromatic carbocycles. The van der Waals surface area contributed by atoms with Gasteiger partial charge in [-0.3, -0.25) is 9.59 Å². The standard InChI is InChI=1S/C26H29NO3.C10H13NO3/c1-24(2)23-20(28)13-18-17-9-8-14-12-16-15-6-4-5-7-19(15)27-22(16)21(14)25(17,3)10-11-26(18,29-23)30-24;12-7-10(14)11-6-9(13)8-4-2-1-3-5-8/h4-7,13-14,17,21,23,27H,8-12H2,1-3H3;1-5,9,12-13H,6-7H2,(H,11,14). The summed E-state index contributed by atoms with van der Waals surface area (Å²) in [6.07, 6.45) is 6.15. The summed E-state index contributed by atoms with van der Waals surface area (Å²) in [5.74, 6) is 0.469.